The standard InChI is InChI=1S/C19H21N3O2/c1-13-4-6-14(7-5-13)19(23)20-11-10-18-21-16-12-15(24-3)8-9-17(16)22(18)2/h4-9,12H,10-11H2,1-3H3,(H,20,23). The second-order valence-corrected chi connectivity index (χ2v) is 5.81. The van der Waals surface area contributed by atoms with E-state index in [0.29, 0.717) is 18.5 Å². The van der Waals surface area contributed by atoms with Gasteiger partial charge in [-0.2, -0.15) is 0 Å². The third kappa shape index (κ3) is 3.25. The Labute approximate surface area is 141 Å². The van der Waals surface area contributed by atoms with Crippen LogP contribution in [0.4, 0.5) is 0 Å². The molecule has 3 aromatic rings. The SMILES string of the molecule is COc1ccc2c(c1)nc(CCNC(=O)c1ccc(C)cc1)n2C. The number of carbonyl (C=O) groups excluding carboxylic acids is 1. The van der Waals surface area contributed by atoms with Crippen molar-refractivity contribution in [3.05, 3.63) is 59.4 Å². The Morgan fingerprint density at radius 2 is 1.96 bits per heavy atom. The first-order valence-corrected chi connectivity index (χ1v) is 7.92. The van der Waals surface area contributed by atoms with E-state index in [2.05, 4.69) is 10.3 Å². The van der Waals surface area contributed by atoms with E-state index in [4.69, 9.17) is 4.74 Å². The molecule has 5 nitrogen and oxygen atoms in total. The smallest absolute Gasteiger partial charge is 0.251 e. The summed E-state index contributed by atoms with van der Waals surface area (Å²) in [5.74, 6) is 1.66. The zero-order chi connectivity index (χ0) is 17.1. The van der Waals surface area contributed by atoms with Gasteiger partial charge in [0.15, 0.2) is 0 Å². The monoisotopic (exact) mass is 323 g/mol. The first-order chi connectivity index (χ1) is 11.6. The highest BCUT2D eigenvalue weighted by molar-refractivity contribution is 5.94. The molecular formula is C19H21N3O2. The van der Waals surface area contributed by atoms with Gasteiger partial charge in [0.1, 0.15) is 11.6 Å². The molecule has 1 aromatic heterocycles. The molecule has 124 valence electrons. The second kappa shape index (κ2) is 6.74. The first-order valence-electron chi connectivity index (χ1n) is 7.92. The number of aromatic nitrogens is 2. The number of imidazole rings is 1. The van der Waals surface area contributed by atoms with Crippen molar-refractivity contribution in [2.75, 3.05) is 13.7 Å². The molecule has 0 spiro atoms. The molecule has 2 aromatic carbocycles. The van der Waals surface area contributed by atoms with Gasteiger partial charge in [-0.25, -0.2) is 4.98 Å². The molecule has 0 aliphatic rings. The molecule has 0 bridgehead atoms. The number of amides is 1. The maximum Gasteiger partial charge on any atom is 0.251 e. The fraction of sp³-hybridized carbons (Fsp3) is 0.263. The lowest BCUT2D eigenvalue weighted by Crippen LogP contribution is -2.26. The van der Waals surface area contributed by atoms with Gasteiger partial charge < -0.3 is 14.6 Å². The van der Waals surface area contributed by atoms with Crippen molar-refractivity contribution in [1.82, 2.24) is 14.9 Å². The summed E-state index contributed by atoms with van der Waals surface area (Å²) >= 11 is 0. The molecule has 0 saturated heterocycles. The van der Waals surface area contributed by atoms with Crippen LogP contribution in [-0.2, 0) is 13.5 Å². The van der Waals surface area contributed by atoms with E-state index >= 15 is 0 Å². The van der Waals surface area contributed by atoms with E-state index in [-0.39, 0.29) is 5.91 Å². The zero-order valence-corrected chi connectivity index (χ0v) is 14.2. The number of rotatable bonds is 5. The maximum atomic E-state index is 12.1. The number of hydrogen-bond donors (Lipinski definition) is 1. The Bertz CT molecular complexity index is 866. The van der Waals surface area contributed by atoms with E-state index in [9.17, 15) is 4.79 Å². The molecule has 0 aliphatic carbocycles. The predicted octanol–water partition coefficient (Wildman–Crippen LogP) is 2.86. The van der Waals surface area contributed by atoms with Crippen molar-refractivity contribution in [2.45, 2.75) is 13.3 Å². The van der Waals surface area contributed by atoms with Crippen LogP contribution in [0.1, 0.15) is 21.7 Å². The lowest BCUT2D eigenvalue weighted by atomic mass is 10.1. The van der Waals surface area contributed by atoms with Crippen LogP contribution < -0.4 is 10.1 Å². The van der Waals surface area contributed by atoms with E-state index < -0.39 is 0 Å². The fourth-order valence-electron chi connectivity index (χ4n) is 2.67. The number of nitrogens with zero attached hydrogens (tertiary/aromatic N) is 2. The topological polar surface area (TPSA) is 56.1 Å². The molecule has 5 heteroatoms. The van der Waals surface area contributed by atoms with Gasteiger partial charge in [0.05, 0.1) is 18.1 Å². The number of hydrogen-bond acceptors (Lipinski definition) is 3. The van der Waals surface area contributed by atoms with Crippen molar-refractivity contribution in [3.8, 4) is 5.75 Å². The third-order valence-corrected chi connectivity index (χ3v) is 4.13. The second-order valence-electron chi connectivity index (χ2n) is 5.81. The van der Waals surface area contributed by atoms with Crippen LogP contribution in [0.15, 0.2) is 42.5 Å². The normalized spacial score (nSPS) is 10.8. The van der Waals surface area contributed by atoms with Crippen molar-refractivity contribution in [2.24, 2.45) is 7.05 Å². The van der Waals surface area contributed by atoms with Crippen molar-refractivity contribution >= 4 is 16.9 Å². The summed E-state index contributed by atoms with van der Waals surface area (Å²) in [5.41, 5.74) is 3.77. The Morgan fingerprint density at radius 1 is 1.21 bits per heavy atom. The van der Waals surface area contributed by atoms with Crippen molar-refractivity contribution in [3.63, 3.8) is 0 Å². The summed E-state index contributed by atoms with van der Waals surface area (Å²) in [4.78, 5) is 16.8. The quantitative estimate of drug-likeness (QED) is 0.785. The molecule has 24 heavy (non-hydrogen) atoms. The van der Waals surface area contributed by atoms with Crippen LogP contribution >= 0.6 is 0 Å². The van der Waals surface area contributed by atoms with Crippen LogP contribution in [0, 0.1) is 6.92 Å². The molecule has 0 atom stereocenters. The van der Waals surface area contributed by atoms with Gasteiger partial charge in [-0.1, -0.05) is 17.7 Å². The van der Waals surface area contributed by atoms with E-state index in [0.717, 1.165) is 28.2 Å². The van der Waals surface area contributed by atoms with E-state index in [1.807, 2.05) is 61.0 Å². The number of methoxy groups -OCH3 is 1. The molecule has 0 saturated carbocycles. The molecule has 0 aliphatic heterocycles. The third-order valence-electron chi connectivity index (χ3n) is 4.13. The lowest BCUT2D eigenvalue weighted by Gasteiger charge is -2.06. The average molecular weight is 323 g/mol. The minimum atomic E-state index is -0.0598. The molecule has 1 amide bonds. The summed E-state index contributed by atoms with van der Waals surface area (Å²) < 4.78 is 7.28. The Morgan fingerprint density at radius 3 is 2.67 bits per heavy atom. The zero-order valence-electron chi connectivity index (χ0n) is 14.2. The van der Waals surface area contributed by atoms with E-state index in [1.165, 1.54) is 0 Å². The minimum absolute atomic E-state index is 0.0598. The molecule has 1 heterocycles. The largest absolute Gasteiger partial charge is 0.497 e. The van der Waals surface area contributed by atoms with Gasteiger partial charge >= 0.3 is 0 Å². The number of fused-ring (bicyclic) bond motifs is 1. The highest BCUT2D eigenvalue weighted by atomic mass is 16.5. The van der Waals surface area contributed by atoms with Gasteiger partial charge in [-0.15, -0.1) is 0 Å². The van der Waals surface area contributed by atoms with Crippen molar-refractivity contribution in [1.29, 1.82) is 0 Å². The molecule has 3 rings (SSSR count). The van der Waals surface area contributed by atoms with Gasteiger partial charge in [0, 0.05) is 31.6 Å². The van der Waals surface area contributed by atoms with Crippen LogP contribution in [0.25, 0.3) is 11.0 Å². The minimum Gasteiger partial charge on any atom is -0.497 e. The number of carbonyl (C=O) groups is 1. The lowest BCUT2D eigenvalue weighted by molar-refractivity contribution is 0.0954. The van der Waals surface area contributed by atoms with Crippen LogP contribution in [0.2, 0.25) is 0 Å². The number of nitrogens with one attached hydrogen (secondary N) is 1. The molecule has 0 fully saturated rings. The van der Waals surface area contributed by atoms with Crippen LogP contribution in [-0.4, -0.2) is 29.1 Å². The number of ether oxygens (including phenoxy) is 1. The Kier molecular flexibility index (Phi) is 4.51. The molecule has 1 N–H and O–H groups in total. The van der Waals surface area contributed by atoms with Crippen LogP contribution in [0.5, 0.6) is 5.75 Å². The van der Waals surface area contributed by atoms with E-state index in [1.54, 1.807) is 7.11 Å². The highest BCUT2D eigenvalue weighted by Crippen LogP contribution is 2.21. The summed E-state index contributed by atoms with van der Waals surface area (Å²) in [6.07, 6.45) is 0.672. The molecule has 0 unspecified atom stereocenters. The van der Waals surface area contributed by atoms with Gasteiger partial charge in [-0.05, 0) is 31.2 Å². The number of aryl methyl sites for hydroxylation is 2. The van der Waals surface area contributed by atoms with Crippen LogP contribution in [0.3, 0.4) is 0 Å². The summed E-state index contributed by atoms with van der Waals surface area (Å²) in [5, 5.41) is 2.94. The van der Waals surface area contributed by atoms with Crippen molar-refractivity contribution < 1.29 is 9.53 Å². The maximum absolute atomic E-state index is 12.1. The highest BCUT2D eigenvalue weighted by Gasteiger charge is 2.10. The molecular weight excluding hydrogens is 302 g/mol. The average Bonchev–Trinajstić information content (AvgIpc) is 2.91. The fourth-order valence-corrected chi connectivity index (χ4v) is 2.67. The van der Waals surface area contributed by atoms with Gasteiger partial charge in [0.2, 0.25) is 0 Å². The molecule has 0 radical (unpaired) electrons. The summed E-state index contributed by atoms with van der Waals surface area (Å²) in [6.45, 7) is 2.55. The Balaban J connectivity index is 1.66. The van der Waals surface area contributed by atoms with Gasteiger partial charge in [-0.3, -0.25) is 4.79 Å². The first kappa shape index (κ1) is 16.1. The summed E-state index contributed by atoms with van der Waals surface area (Å²) in [7, 11) is 3.63. The summed E-state index contributed by atoms with van der Waals surface area (Å²) in [6, 6.07) is 13.4. The predicted molar refractivity (Wildman–Crippen MR) is 94.5 cm³/mol. The number of benzene rings is 2. The van der Waals surface area contributed by atoms with Gasteiger partial charge in [0.25, 0.3) is 5.91 Å². The Hall–Kier alpha value is -2.82.